The van der Waals surface area contributed by atoms with E-state index in [0.717, 1.165) is 13.1 Å². The van der Waals surface area contributed by atoms with Crippen molar-refractivity contribution in [3.05, 3.63) is 0 Å². The summed E-state index contributed by atoms with van der Waals surface area (Å²) in [4.78, 5) is 2.45. The first-order chi connectivity index (χ1) is 6.33. The minimum absolute atomic E-state index is 0.0147. The average molecular weight is 199 g/mol. The Balaban J connectivity index is 2.02. The SMILES string of the molecule is CC(C#N)NCCN1CCSCC1. The van der Waals surface area contributed by atoms with Gasteiger partial charge in [-0.05, 0) is 6.92 Å². The van der Waals surface area contributed by atoms with E-state index in [1.54, 1.807) is 0 Å². The van der Waals surface area contributed by atoms with E-state index < -0.39 is 0 Å². The Bertz CT molecular complexity index is 172. The van der Waals surface area contributed by atoms with Crippen molar-refractivity contribution in [1.29, 1.82) is 5.26 Å². The van der Waals surface area contributed by atoms with E-state index >= 15 is 0 Å². The van der Waals surface area contributed by atoms with Crippen LogP contribution in [0.2, 0.25) is 0 Å². The molecule has 1 N–H and O–H groups in total. The molecule has 0 aromatic carbocycles. The lowest BCUT2D eigenvalue weighted by Crippen LogP contribution is -2.39. The second-order valence-electron chi connectivity index (χ2n) is 3.26. The lowest BCUT2D eigenvalue weighted by atomic mass is 10.3. The van der Waals surface area contributed by atoms with Crippen molar-refractivity contribution in [1.82, 2.24) is 10.2 Å². The average Bonchev–Trinajstić information content (AvgIpc) is 2.19. The van der Waals surface area contributed by atoms with Crippen LogP contribution in [0.4, 0.5) is 0 Å². The largest absolute Gasteiger partial charge is 0.301 e. The molecule has 74 valence electrons. The molecule has 1 rings (SSSR count). The molecule has 0 aromatic heterocycles. The third kappa shape index (κ3) is 4.51. The Morgan fingerprint density at radius 3 is 2.85 bits per heavy atom. The Kier molecular flexibility index (Phi) is 5.21. The zero-order chi connectivity index (χ0) is 9.52. The summed E-state index contributed by atoms with van der Waals surface area (Å²) in [5, 5.41) is 11.7. The molecule has 0 bridgehead atoms. The molecule has 0 radical (unpaired) electrons. The maximum atomic E-state index is 8.54. The predicted octanol–water partition coefficient (Wildman–Crippen LogP) is 0.537. The van der Waals surface area contributed by atoms with Gasteiger partial charge in [-0.25, -0.2) is 0 Å². The summed E-state index contributed by atoms with van der Waals surface area (Å²) in [7, 11) is 0. The summed E-state index contributed by atoms with van der Waals surface area (Å²) in [6, 6.07) is 2.15. The smallest absolute Gasteiger partial charge is 0.0924 e. The molecule has 1 atom stereocenters. The number of hydrogen-bond acceptors (Lipinski definition) is 4. The Labute approximate surface area is 84.5 Å². The summed E-state index contributed by atoms with van der Waals surface area (Å²) in [5.41, 5.74) is 0. The molecule has 1 unspecified atom stereocenters. The van der Waals surface area contributed by atoms with Crippen LogP contribution in [-0.4, -0.2) is 48.6 Å². The first-order valence-electron chi connectivity index (χ1n) is 4.76. The van der Waals surface area contributed by atoms with Crippen molar-refractivity contribution in [3.8, 4) is 6.07 Å². The zero-order valence-corrected chi connectivity index (χ0v) is 8.94. The van der Waals surface area contributed by atoms with Gasteiger partial charge in [-0.3, -0.25) is 0 Å². The third-order valence-corrected chi connectivity index (χ3v) is 3.12. The van der Waals surface area contributed by atoms with Crippen molar-refractivity contribution < 1.29 is 0 Å². The first kappa shape index (κ1) is 10.8. The Hall–Kier alpha value is -0.240. The molecule has 0 aliphatic carbocycles. The molecule has 1 aliphatic rings. The zero-order valence-electron chi connectivity index (χ0n) is 8.12. The van der Waals surface area contributed by atoms with E-state index in [-0.39, 0.29) is 6.04 Å². The van der Waals surface area contributed by atoms with Gasteiger partial charge in [0.2, 0.25) is 0 Å². The fourth-order valence-electron chi connectivity index (χ4n) is 1.31. The van der Waals surface area contributed by atoms with Gasteiger partial charge in [-0.1, -0.05) is 0 Å². The number of hydrogen-bond donors (Lipinski definition) is 1. The van der Waals surface area contributed by atoms with E-state index in [1.807, 2.05) is 18.7 Å². The summed E-state index contributed by atoms with van der Waals surface area (Å²) in [5.74, 6) is 2.52. The van der Waals surface area contributed by atoms with Gasteiger partial charge in [0, 0.05) is 37.7 Å². The predicted molar refractivity (Wildman–Crippen MR) is 56.8 cm³/mol. The van der Waals surface area contributed by atoms with Crippen LogP contribution in [0.15, 0.2) is 0 Å². The van der Waals surface area contributed by atoms with Crippen LogP contribution >= 0.6 is 11.8 Å². The number of nitrogens with one attached hydrogen (secondary N) is 1. The molecule has 1 fully saturated rings. The summed E-state index contributed by atoms with van der Waals surface area (Å²) in [6.45, 7) is 6.30. The second kappa shape index (κ2) is 6.25. The van der Waals surface area contributed by atoms with Gasteiger partial charge < -0.3 is 10.2 Å². The van der Waals surface area contributed by atoms with Gasteiger partial charge >= 0.3 is 0 Å². The first-order valence-corrected chi connectivity index (χ1v) is 5.91. The third-order valence-electron chi connectivity index (χ3n) is 2.18. The highest BCUT2D eigenvalue weighted by Gasteiger charge is 2.09. The molecule has 0 saturated carbocycles. The van der Waals surface area contributed by atoms with Gasteiger partial charge in [0.05, 0.1) is 12.1 Å². The molecule has 3 nitrogen and oxygen atoms in total. The van der Waals surface area contributed by atoms with Gasteiger partial charge in [-0.2, -0.15) is 17.0 Å². The molecule has 0 amide bonds. The topological polar surface area (TPSA) is 39.1 Å². The minimum atomic E-state index is -0.0147. The standard InChI is InChI=1S/C9H17N3S/c1-9(8-10)11-2-3-12-4-6-13-7-5-12/h9,11H,2-7H2,1H3. The van der Waals surface area contributed by atoms with Crippen LogP contribution in [0.5, 0.6) is 0 Å². The van der Waals surface area contributed by atoms with Crippen LogP contribution in [0.3, 0.4) is 0 Å². The highest BCUT2D eigenvalue weighted by Crippen LogP contribution is 2.07. The molecular formula is C9H17N3S. The van der Waals surface area contributed by atoms with Crippen molar-refractivity contribution in [2.45, 2.75) is 13.0 Å². The van der Waals surface area contributed by atoms with Crippen molar-refractivity contribution >= 4 is 11.8 Å². The Morgan fingerprint density at radius 2 is 2.23 bits per heavy atom. The van der Waals surface area contributed by atoms with E-state index in [1.165, 1.54) is 24.6 Å². The molecule has 13 heavy (non-hydrogen) atoms. The highest BCUT2D eigenvalue weighted by molar-refractivity contribution is 7.99. The fraction of sp³-hybridized carbons (Fsp3) is 0.889. The normalized spacial score (nSPS) is 20.9. The Morgan fingerprint density at radius 1 is 1.54 bits per heavy atom. The molecular weight excluding hydrogens is 182 g/mol. The van der Waals surface area contributed by atoms with E-state index in [9.17, 15) is 0 Å². The van der Waals surface area contributed by atoms with E-state index in [0.29, 0.717) is 0 Å². The van der Waals surface area contributed by atoms with Gasteiger partial charge in [0.1, 0.15) is 0 Å². The molecule has 4 heteroatoms. The van der Waals surface area contributed by atoms with Crippen LogP contribution in [0, 0.1) is 11.3 Å². The monoisotopic (exact) mass is 199 g/mol. The van der Waals surface area contributed by atoms with Gasteiger partial charge in [0.15, 0.2) is 0 Å². The van der Waals surface area contributed by atoms with Crippen molar-refractivity contribution in [2.24, 2.45) is 0 Å². The van der Waals surface area contributed by atoms with Crippen LogP contribution in [-0.2, 0) is 0 Å². The molecule has 1 aliphatic heterocycles. The second-order valence-corrected chi connectivity index (χ2v) is 4.48. The lowest BCUT2D eigenvalue weighted by Gasteiger charge is -2.26. The number of rotatable bonds is 4. The quantitative estimate of drug-likeness (QED) is 0.717. The summed E-state index contributed by atoms with van der Waals surface area (Å²) in [6.07, 6.45) is 0. The highest BCUT2D eigenvalue weighted by atomic mass is 32.2. The number of nitriles is 1. The minimum Gasteiger partial charge on any atom is -0.301 e. The van der Waals surface area contributed by atoms with Crippen LogP contribution in [0.25, 0.3) is 0 Å². The van der Waals surface area contributed by atoms with Crippen molar-refractivity contribution in [3.63, 3.8) is 0 Å². The number of nitrogens with zero attached hydrogens (tertiary/aromatic N) is 2. The molecule has 1 heterocycles. The molecule has 1 saturated heterocycles. The molecule has 0 aromatic rings. The fourth-order valence-corrected chi connectivity index (χ4v) is 2.29. The number of thioether (sulfide) groups is 1. The maximum Gasteiger partial charge on any atom is 0.0924 e. The van der Waals surface area contributed by atoms with Crippen LogP contribution < -0.4 is 5.32 Å². The van der Waals surface area contributed by atoms with E-state index in [4.69, 9.17) is 5.26 Å². The lowest BCUT2D eigenvalue weighted by molar-refractivity contribution is 0.299. The van der Waals surface area contributed by atoms with Crippen molar-refractivity contribution in [2.75, 3.05) is 37.7 Å². The molecule has 0 spiro atoms. The van der Waals surface area contributed by atoms with E-state index in [2.05, 4.69) is 16.3 Å². The van der Waals surface area contributed by atoms with Gasteiger partial charge in [-0.15, -0.1) is 0 Å². The summed E-state index contributed by atoms with van der Waals surface area (Å²) >= 11 is 2.03. The van der Waals surface area contributed by atoms with Crippen LogP contribution in [0.1, 0.15) is 6.92 Å². The summed E-state index contributed by atoms with van der Waals surface area (Å²) < 4.78 is 0. The maximum absolute atomic E-state index is 8.54. The van der Waals surface area contributed by atoms with Gasteiger partial charge in [0.25, 0.3) is 0 Å².